The summed E-state index contributed by atoms with van der Waals surface area (Å²) in [6.07, 6.45) is 3.48. The van der Waals surface area contributed by atoms with E-state index in [1.807, 2.05) is 0 Å². The molecule has 0 spiro atoms. The molecule has 3 heterocycles. The Morgan fingerprint density at radius 2 is 2.30 bits per heavy atom. The third-order valence-corrected chi connectivity index (χ3v) is 4.31. The van der Waals surface area contributed by atoms with Crippen molar-refractivity contribution >= 4 is 17.4 Å². The highest BCUT2D eigenvalue weighted by Crippen LogP contribution is 2.30. The van der Waals surface area contributed by atoms with Crippen molar-refractivity contribution in [2.45, 2.75) is 12.6 Å². The molecule has 27 heavy (non-hydrogen) atoms. The van der Waals surface area contributed by atoms with E-state index < -0.39 is 17.8 Å². The quantitative estimate of drug-likeness (QED) is 0.629. The molecule has 0 saturated carbocycles. The molecule has 0 radical (unpaired) electrons. The number of esters is 1. The third-order valence-electron chi connectivity index (χ3n) is 4.31. The summed E-state index contributed by atoms with van der Waals surface area (Å²) in [5.74, 6) is -0.204. The van der Waals surface area contributed by atoms with Gasteiger partial charge in [0.25, 0.3) is 0 Å². The maximum absolute atomic E-state index is 13.9. The van der Waals surface area contributed by atoms with Crippen LogP contribution in [-0.2, 0) is 16.1 Å². The topological polar surface area (TPSA) is 89.8 Å². The summed E-state index contributed by atoms with van der Waals surface area (Å²) in [5, 5.41) is 10.6. The minimum Gasteiger partial charge on any atom is -0.492 e. The molecule has 140 valence electrons. The predicted molar refractivity (Wildman–Crippen MR) is 95.0 cm³/mol. The molecule has 1 atom stereocenters. The predicted octanol–water partition coefficient (Wildman–Crippen LogP) is 1.68. The number of anilines is 1. The maximum Gasteiger partial charge on any atom is 0.333 e. The number of benzene rings is 1. The van der Waals surface area contributed by atoms with Crippen molar-refractivity contribution in [1.29, 1.82) is 0 Å². The molecule has 0 amide bonds. The zero-order chi connectivity index (χ0) is 18.8. The van der Waals surface area contributed by atoms with E-state index in [4.69, 9.17) is 9.47 Å². The normalized spacial score (nSPS) is 17.0. The molecule has 1 aliphatic heterocycles. The zero-order valence-electron chi connectivity index (χ0n) is 14.6. The van der Waals surface area contributed by atoms with Gasteiger partial charge in [-0.05, 0) is 24.3 Å². The van der Waals surface area contributed by atoms with Crippen LogP contribution < -0.4 is 15.4 Å². The van der Waals surface area contributed by atoms with E-state index in [1.165, 1.54) is 25.3 Å². The van der Waals surface area contributed by atoms with Crippen molar-refractivity contribution in [3.05, 3.63) is 53.6 Å². The van der Waals surface area contributed by atoms with Crippen molar-refractivity contribution in [1.82, 2.24) is 19.9 Å². The fourth-order valence-corrected chi connectivity index (χ4v) is 2.98. The Kier molecular flexibility index (Phi) is 4.59. The number of ether oxygens (including phenoxy) is 2. The van der Waals surface area contributed by atoms with Crippen LogP contribution in [0.15, 0.2) is 36.7 Å². The van der Waals surface area contributed by atoms with Gasteiger partial charge in [-0.25, -0.2) is 18.7 Å². The fraction of sp³-hybridized carbons (Fsp3) is 0.278. The van der Waals surface area contributed by atoms with Crippen LogP contribution in [0.25, 0.3) is 5.65 Å². The maximum atomic E-state index is 13.9. The van der Waals surface area contributed by atoms with Gasteiger partial charge in [0.05, 0.1) is 13.3 Å². The molecule has 1 aliphatic rings. The van der Waals surface area contributed by atoms with Gasteiger partial charge in [-0.1, -0.05) is 0 Å². The first-order chi connectivity index (χ1) is 13.2. The summed E-state index contributed by atoms with van der Waals surface area (Å²) in [6, 6.07) is 4.77. The summed E-state index contributed by atoms with van der Waals surface area (Å²) in [7, 11) is 1.28. The fourth-order valence-electron chi connectivity index (χ4n) is 2.98. The molecule has 1 unspecified atom stereocenters. The number of hydrogen-bond donors (Lipinski definition) is 2. The standard InChI is InChI=1S/C18H18FN5O3/c1-26-18(25)16-13-8-12(19)2-3-14(13)27-7-5-20-9-11-10-21-24-6-4-15(22-16)23-17(11)24/h2-4,6,8,10,16,20H,5,7,9H2,1H3,(H,22,23). The highest BCUT2D eigenvalue weighted by atomic mass is 19.1. The third kappa shape index (κ3) is 3.41. The number of nitrogens with zero attached hydrogens (tertiary/aromatic N) is 3. The Balaban J connectivity index is 1.83. The highest BCUT2D eigenvalue weighted by Gasteiger charge is 2.26. The smallest absolute Gasteiger partial charge is 0.333 e. The second kappa shape index (κ2) is 7.20. The van der Waals surface area contributed by atoms with Gasteiger partial charge in [0.15, 0.2) is 11.7 Å². The van der Waals surface area contributed by atoms with E-state index in [2.05, 4.69) is 20.7 Å². The molecule has 0 saturated heterocycles. The lowest BCUT2D eigenvalue weighted by atomic mass is 10.1. The Morgan fingerprint density at radius 3 is 3.15 bits per heavy atom. The lowest BCUT2D eigenvalue weighted by Gasteiger charge is -2.20. The van der Waals surface area contributed by atoms with Crippen LogP contribution in [0.5, 0.6) is 5.75 Å². The Morgan fingerprint density at radius 1 is 1.41 bits per heavy atom. The van der Waals surface area contributed by atoms with Crippen molar-refractivity contribution in [2.75, 3.05) is 25.6 Å². The van der Waals surface area contributed by atoms with Crippen LogP contribution in [-0.4, -0.2) is 40.8 Å². The zero-order valence-corrected chi connectivity index (χ0v) is 14.6. The second-order valence-electron chi connectivity index (χ2n) is 6.06. The molecule has 0 aliphatic carbocycles. The minimum absolute atomic E-state index is 0.344. The number of nitrogens with one attached hydrogen (secondary N) is 2. The lowest BCUT2D eigenvalue weighted by Crippen LogP contribution is -2.24. The summed E-state index contributed by atoms with van der Waals surface area (Å²) < 4.78 is 26.2. The second-order valence-corrected chi connectivity index (χ2v) is 6.06. The van der Waals surface area contributed by atoms with Crippen molar-refractivity contribution in [2.24, 2.45) is 0 Å². The first kappa shape index (κ1) is 17.2. The van der Waals surface area contributed by atoms with E-state index in [9.17, 15) is 9.18 Å². The molecule has 3 aromatic rings. The molecule has 9 heteroatoms. The molecular formula is C18H18FN5O3. The van der Waals surface area contributed by atoms with E-state index >= 15 is 0 Å². The summed E-state index contributed by atoms with van der Waals surface area (Å²) >= 11 is 0. The highest BCUT2D eigenvalue weighted by molar-refractivity contribution is 5.81. The molecule has 8 nitrogen and oxygen atoms in total. The SMILES string of the molecule is COC(=O)C1Nc2ccn3ncc(c3n2)CNCCOc2ccc(F)cc21. The van der Waals surface area contributed by atoms with Gasteiger partial charge in [-0.3, -0.25) is 0 Å². The molecule has 2 N–H and O–H groups in total. The van der Waals surface area contributed by atoms with Crippen LogP contribution in [0.3, 0.4) is 0 Å². The molecular weight excluding hydrogens is 353 g/mol. The average molecular weight is 371 g/mol. The number of rotatable bonds is 1. The first-order valence-electron chi connectivity index (χ1n) is 8.46. The largest absolute Gasteiger partial charge is 0.492 e. The van der Waals surface area contributed by atoms with Crippen LogP contribution in [0, 0.1) is 5.82 Å². The molecule has 4 rings (SSSR count). The van der Waals surface area contributed by atoms with Crippen molar-refractivity contribution in [3.63, 3.8) is 0 Å². The van der Waals surface area contributed by atoms with Gasteiger partial charge in [0.2, 0.25) is 0 Å². The van der Waals surface area contributed by atoms with Crippen molar-refractivity contribution < 1.29 is 18.7 Å². The van der Waals surface area contributed by atoms with Gasteiger partial charge in [0, 0.05) is 30.4 Å². The summed E-state index contributed by atoms with van der Waals surface area (Å²) in [5.41, 5.74) is 1.92. The molecule has 2 aromatic heterocycles. The summed E-state index contributed by atoms with van der Waals surface area (Å²) in [6.45, 7) is 1.48. The number of fused-ring (bicyclic) bond motifs is 2. The van der Waals surface area contributed by atoms with Crippen LogP contribution in [0.4, 0.5) is 10.2 Å². The summed E-state index contributed by atoms with van der Waals surface area (Å²) in [4.78, 5) is 17.0. The van der Waals surface area contributed by atoms with Gasteiger partial charge >= 0.3 is 5.97 Å². The van der Waals surface area contributed by atoms with Crippen LogP contribution in [0.1, 0.15) is 17.2 Å². The monoisotopic (exact) mass is 371 g/mol. The van der Waals surface area contributed by atoms with Gasteiger partial charge in [-0.15, -0.1) is 0 Å². The number of carbonyl (C=O) groups excluding carboxylic acids is 1. The molecule has 0 fully saturated rings. The van der Waals surface area contributed by atoms with E-state index in [0.29, 0.717) is 42.5 Å². The van der Waals surface area contributed by atoms with Gasteiger partial charge in [0.1, 0.15) is 24.0 Å². The van der Waals surface area contributed by atoms with Gasteiger partial charge in [-0.2, -0.15) is 5.10 Å². The number of halogens is 1. The van der Waals surface area contributed by atoms with E-state index in [0.717, 1.165) is 5.56 Å². The Bertz CT molecular complexity index is 990. The average Bonchev–Trinajstić information content (AvgIpc) is 3.08. The molecule has 2 bridgehead atoms. The number of hydrogen-bond acceptors (Lipinski definition) is 7. The minimum atomic E-state index is -0.976. The Hall–Kier alpha value is -3.20. The number of aromatic nitrogens is 3. The van der Waals surface area contributed by atoms with Gasteiger partial charge < -0.3 is 20.1 Å². The van der Waals surface area contributed by atoms with E-state index in [1.54, 1.807) is 23.0 Å². The van der Waals surface area contributed by atoms with Crippen LogP contribution in [0.2, 0.25) is 0 Å². The number of carbonyl (C=O) groups is 1. The number of methoxy groups -OCH3 is 1. The van der Waals surface area contributed by atoms with Crippen LogP contribution >= 0.6 is 0 Å². The Labute approximate surface area is 154 Å². The van der Waals surface area contributed by atoms with E-state index in [-0.39, 0.29) is 0 Å². The lowest BCUT2D eigenvalue weighted by molar-refractivity contribution is -0.141. The molecule has 1 aromatic carbocycles. The first-order valence-corrected chi connectivity index (χ1v) is 8.46. The van der Waals surface area contributed by atoms with Crippen molar-refractivity contribution in [3.8, 4) is 5.75 Å².